The van der Waals surface area contributed by atoms with Crippen LogP contribution in [0.1, 0.15) is 64.7 Å². The summed E-state index contributed by atoms with van der Waals surface area (Å²) in [6.07, 6.45) is 12.3. The van der Waals surface area contributed by atoms with E-state index in [9.17, 15) is 24.3 Å². The van der Waals surface area contributed by atoms with E-state index in [-0.39, 0.29) is 18.2 Å². The monoisotopic (exact) mass is 480 g/mol. The van der Waals surface area contributed by atoms with Crippen molar-refractivity contribution in [2.75, 3.05) is 21.3 Å². The smallest absolute Gasteiger partial charge is 0.320 e. The predicted octanol–water partition coefficient (Wildman–Crippen LogP) is 3.56. The lowest BCUT2D eigenvalue weighted by Crippen LogP contribution is -2.35. The number of allylic oxidation sites excluding steroid dienone is 3. The Morgan fingerprint density at radius 1 is 1.03 bits per heavy atom. The second kappa shape index (κ2) is 16.2. The van der Waals surface area contributed by atoms with E-state index in [4.69, 9.17) is 9.47 Å². The van der Waals surface area contributed by atoms with Crippen molar-refractivity contribution in [3.8, 4) is 0 Å². The van der Waals surface area contributed by atoms with Crippen molar-refractivity contribution < 1.29 is 38.5 Å². The first-order valence-electron chi connectivity index (χ1n) is 12.1. The third-order valence-electron chi connectivity index (χ3n) is 6.34. The van der Waals surface area contributed by atoms with Gasteiger partial charge in [0.25, 0.3) is 0 Å². The van der Waals surface area contributed by atoms with Crippen LogP contribution < -0.4 is 0 Å². The highest BCUT2D eigenvalue weighted by Crippen LogP contribution is 2.43. The van der Waals surface area contributed by atoms with Gasteiger partial charge in [0, 0.05) is 18.8 Å². The molecule has 0 aromatic heterocycles. The normalized spacial score (nSPS) is 21.4. The molecule has 0 bridgehead atoms. The van der Waals surface area contributed by atoms with Crippen LogP contribution in [0.2, 0.25) is 0 Å². The van der Waals surface area contributed by atoms with Crippen LogP contribution in [-0.2, 0) is 33.4 Å². The zero-order valence-corrected chi connectivity index (χ0v) is 20.9. The van der Waals surface area contributed by atoms with Gasteiger partial charge in [0.2, 0.25) is 0 Å². The summed E-state index contributed by atoms with van der Waals surface area (Å²) in [6.45, 7) is 2.09. The van der Waals surface area contributed by atoms with Gasteiger partial charge < -0.3 is 19.3 Å². The molecule has 0 saturated heterocycles. The van der Waals surface area contributed by atoms with E-state index in [2.05, 4.69) is 11.7 Å². The first kappa shape index (κ1) is 29.6. The van der Waals surface area contributed by atoms with Crippen LogP contribution in [0.3, 0.4) is 0 Å². The molecule has 1 aliphatic rings. The van der Waals surface area contributed by atoms with E-state index in [1.165, 1.54) is 21.3 Å². The van der Waals surface area contributed by atoms with Crippen LogP contribution in [0.4, 0.5) is 0 Å². The van der Waals surface area contributed by atoms with Gasteiger partial charge in [-0.2, -0.15) is 0 Å². The first-order chi connectivity index (χ1) is 16.3. The van der Waals surface area contributed by atoms with E-state index < -0.39 is 41.7 Å². The van der Waals surface area contributed by atoms with Crippen molar-refractivity contribution in [3.63, 3.8) is 0 Å². The largest absolute Gasteiger partial charge is 0.469 e. The van der Waals surface area contributed by atoms with Gasteiger partial charge >= 0.3 is 17.9 Å². The molecular weight excluding hydrogens is 440 g/mol. The minimum atomic E-state index is -1.21. The number of carbonyl (C=O) groups excluding carboxylic acids is 4. The van der Waals surface area contributed by atoms with E-state index in [0.717, 1.165) is 19.3 Å². The van der Waals surface area contributed by atoms with E-state index in [1.54, 1.807) is 12.2 Å². The third kappa shape index (κ3) is 9.41. The molecular formula is C26H40O8. The molecule has 0 radical (unpaired) electrons. The Bertz CT molecular complexity index is 710. The number of aliphatic hydroxyl groups excluding tert-OH is 1. The number of hydrogen-bond donors (Lipinski definition) is 1. The van der Waals surface area contributed by atoms with Crippen molar-refractivity contribution >= 4 is 23.7 Å². The summed E-state index contributed by atoms with van der Waals surface area (Å²) < 4.78 is 14.3. The molecule has 0 heterocycles. The highest BCUT2D eigenvalue weighted by molar-refractivity contribution is 5.97. The predicted molar refractivity (Wildman–Crippen MR) is 127 cm³/mol. The van der Waals surface area contributed by atoms with Crippen LogP contribution >= 0.6 is 0 Å². The number of aliphatic hydroxyl groups is 1. The molecule has 8 heteroatoms. The zero-order chi connectivity index (χ0) is 25.5. The molecule has 0 aromatic rings. The summed E-state index contributed by atoms with van der Waals surface area (Å²) in [7, 11) is 3.75. The van der Waals surface area contributed by atoms with Crippen molar-refractivity contribution in [1.82, 2.24) is 0 Å². The molecule has 4 atom stereocenters. The van der Waals surface area contributed by atoms with Gasteiger partial charge in [0.05, 0.1) is 27.4 Å². The van der Waals surface area contributed by atoms with Gasteiger partial charge in [0.1, 0.15) is 5.78 Å². The second-order valence-electron chi connectivity index (χ2n) is 8.67. The molecule has 34 heavy (non-hydrogen) atoms. The maximum Gasteiger partial charge on any atom is 0.320 e. The highest BCUT2D eigenvalue weighted by Gasteiger charge is 2.49. The number of carbonyl (C=O) groups is 4. The molecule has 1 saturated carbocycles. The Kier molecular flexibility index (Phi) is 14.1. The lowest BCUT2D eigenvalue weighted by atomic mass is 9.79. The molecule has 0 aliphatic heterocycles. The summed E-state index contributed by atoms with van der Waals surface area (Å²) >= 11 is 0. The molecule has 1 N–H and O–H groups in total. The number of hydrogen-bond acceptors (Lipinski definition) is 8. The Balaban J connectivity index is 3.02. The average Bonchev–Trinajstić information content (AvgIpc) is 3.13. The lowest BCUT2D eigenvalue weighted by Gasteiger charge is -2.25. The van der Waals surface area contributed by atoms with Crippen LogP contribution in [0.15, 0.2) is 24.3 Å². The average molecular weight is 481 g/mol. The maximum absolute atomic E-state index is 12.9. The van der Waals surface area contributed by atoms with E-state index in [0.29, 0.717) is 32.1 Å². The number of ether oxygens (including phenoxy) is 3. The quantitative estimate of drug-likeness (QED) is 0.124. The summed E-state index contributed by atoms with van der Waals surface area (Å²) in [5.41, 5.74) is 0. The van der Waals surface area contributed by atoms with Gasteiger partial charge in [-0.05, 0) is 37.5 Å². The van der Waals surface area contributed by atoms with Gasteiger partial charge in [-0.3, -0.25) is 19.2 Å². The number of ketones is 1. The molecule has 1 rings (SSSR count). The fraction of sp³-hybridized carbons (Fsp3) is 0.692. The van der Waals surface area contributed by atoms with Crippen LogP contribution in [0, 0.1) is 23.7 Å². The van der Waals surface area contributed by atoms with Crippen LogP contribution in [-0.4, -0.2) is 56.2 Å². The Morgan fingerprint density at radius 2 is 1.71 bits per heavy atom. The number of esters is 3. The maximum atomic E-state index is 12.9. The number of rotatable bonds is 15. The van der Waals surface area contributed by atoms with Crippen LogP contribution in [0.25, 0.3) is 0 Å². The molecule has 0 unspecified atom stereocenters. The minimum Gasteiger partial charge on any atom is -0.469 e. The van der Waals surface area contributed by atoms with Gasteiger partial charge in [-0.25, -0.2) is 0 Å². The number of Topliss-reactive ketones (excluding diaryl/α,β-unsaturated/α-hetero) is 1. The molecule has 0 aromatic carbocycles. The molecule has 1 aliphatic carbocycles. The highest BCUT2D eigenvalue weighted by atomic mass is 16.5. The summed E-state index contributed by atoms with van der Waals surface area (Å²) in [4.78, 5) is 49.0. The summed E-state index contributed by atoms with van der Waals surface area (Å²) in [5.74, 6) is -4.44. The number of methoxy groups -OCH3 is 3. The topological polar surface area (TPSA) is 116 Å². The van der Waals surface area contributed by atoms with Gasteiger partial charge in [-0.1, -0.05) is 50.5 Å². The fourth-order valence-corrected chi connectivity index (χ4v) is 4.42. The van der Waals surface area contributed by atoms with Crippen molar-refractivity contribution in [3.05, 3.63) is 24.3 Å². The molecule has 0 amide bonds. The zero-order valence-electron chi connectivity index (χ0n) is 20.9. The van der Waals surface area contributed by atoms with Gasteiger partial charge in [-0.15, -0.1) is 0 Å². The van der Waals surface area contributed by atoms with Gasteiger partial charge in [0.15, 0.2) is 5.92 Å². The van der Waals surface area contributed by atoms with E-state index in [1.807, 2.05) is 12.2 Å². The van der Waals surface area contributed by atoms with E-state index >= 15 is 0 Å². The first-order valence-corrected chi connectivity index (χ1v) is 12.1. The standard InChI is InChI=1S/C26H40O8/c1-5-6-9-12-18(27)15-16-19-20(13-10-7-8-11-14-23(29)32-2)22(28)17-21(19)24(25(30)33-3)26(31)34-4/h7,10,15-16,18-21,24,27H,5-6,8-9,11-14,17H2,1-4H3/b10-7-,16-15+/t18-,19+,20+,21+/m0/s1. The molecule has 1 fully saturated rings. The van der Waals surface area contributed by atoms with Crippen molar-refractivity contribution in [1.29, 1.82) is 0 Å². The fourth-order valence-electron chi connectivity index (χ4n) is 4.42. The molecule has 8 nitrogen and oxygen atoms in total. The Morgan fingerprint density at radius 3 is 2.29 bits per heavy atom. The number of unbranched alkanes of at least 4 members (excludes halogenated alkanes) is 3. The SMILES string of the molecule is CCCCC[C@H](O)/C=C/[C@@H]1[C@@H](C/C=C\CCCC(=O)OC)C(=O)C[C@H]1C(C(=O)OC)C(=O)OC. The van der Waals surface area contributed by atoms with Crippen molar-refractivity contribution in [2.45, 2.75) is 70.8 Å². The lowest BCUT2D eigenvalue weighted by molar-refractivity contribution is -0.162. The minimum absolute atomic E-state index is 0.0443. The molecule has 0 spiro atoms. The third-order valence-corrected chi connectivity index (χ3v) is 6.34. The van der Waals surface area contributed by atoms with Crippen LogP contribution in [0.5, 0.6) is 0 Å². The Labute approximate surface area is 202 Å². The second-order valence-corrected chi connectivity index (χ2v) is 8.67. The molecule has 192 valence electrons. The van der Waals surface area contributed by atoms with Crippen molar-refractivity contribution in [2.24, 2.45) is 23.7 Å². The Hall–Kier alpha value is -2.48. The summed E-state index contributed by atoms with van der Waals surface area (Å²) in [6, 6.07) is 0. The summed E-state index contributed by atoms with van der Waals surface area (Å²) in [5, 5.41) is 10.4.